The highest BCUT2D eigenvalue weighted by Crippen LogP contribution is 2.24. The Morgan fingerprint density at radius 2 is 2.00 bits per heavy atom. The first-order valence-corrected chi connectivity index (χ1v) is 8.77. The number of rotatable bonds is 4. The Balaban J connectivity index is 1.51. The van der Waals surface area contributed by atoms with Crippen LogP contribution in [0.15, 0.2) is 12.1 Å². The SMILES string of the molecule is Cc1cc(C)c(C)c(OCCC(=O)N2CCC3CCC(C2)N3)c1. The Bertz CT molecular complexity index is 585. The number of carbonyl (C=O) groups excluding carboxylic acids is 1. The molecule has 4 heteroatoms. The lowest BCUT2D eigenvalue weighted by Gasteiger charge is -2.24. The topological polar surface area (TPSA) is 41.6 Å². The van der Waals surface area contributed by atoms with Gasteiger partial charge in [0.05, 0.1) is 13.0 Å². The fourth-order valence-corrected chi connectivity index (χ4v) is 3.73. The van der Waals surface area contributed by atoms with Gasteiger partial charge in [0.25, 0.3) is 0 Å². The minimum absolute atomic E-state index is 0.223. The van der Waals surface area contributed by atoms with Crippen molar-refractivity contribution in [3.05, 3.63) is 28.8 Å². The van der Waals surface area contributed by atoms with Crippen molar-refractivity contribution in [1.82, 2.24) is 10.2 Å². The van der Waals surface area contributed by atoms with E-state index in [9.17, 15) is 4.79 Å². The van der Waals surface area contributed by atoms with E-state index >= 15 is 0 Å². The zero-order valence-electron chi connectivity index (χ0n) is 14.5. The number of hydrogen-bond donors (Lipinski definition) is 1. The molecule has 2 fully saturated rings. The van der Waals surface area contributed by atoms with Gasteiger partial charge in [0, 0.05) is 25.2 Å². The van der Waals surface area contributed by atoms with Crippen LogP contribution in [0.4, 0.5) is 0 Å². The second-order valence-corrected chi connectivity index (χ2v) is 7.07. The maximum absolute atomic E-state index is 12.5. The summed E-state index contributed by atoms with van der Waals surface area (Å²) in [6.45, 7) is 8.44. The molecule has 0 spiro atoms. The Labute approximate surface area is 139 Å². The molecule has 0 radical (unpaired) electrons. The van der Waals surface area contributed by atoms with E-state index in [-0.39, 0.29) is 5.91 Å². The van der Waals surface area contributed by atoms with Gasteiger partial charge in [-0.25, -0.2) is 0 Å². The minimum atomic E-state index is 0.223. The fourth-order valence-electron chi connectivity index (χ4n) is 3.73. The largest absolute Gasteiger partial charge is 0.493 e. The summed E-state index contributed by atoms with van der Waals surface area (Å²) in [6.07, 6.45) is 4.01. The van der Waals surface area contributed by atoms with Gasteiger partial charge in [-0.05, 0) is 62.8 Å². The van der Waals surface area contributed by atoms with Gasteiger partial charge in [-0.2, -0.15) is 0 Å². The van der Waals surface area contributed by atoms with Gasteiger partial charge < -0.3 is 15.0 Å². The second-order valence-electron chi connectivity index (χ2n) is 7.07. The number of amides is 1. The summed E-state index contributed by atoms with van der Waals surface area (Å²) in [7, 11) is 0. The number of carbonyl (C=O) groups is 1. The molecule has 1 N–H and O–H groups in total. The fraction of sp³-hybridized carbons (Fsp3) is 0.632. The van der Waals surface area contributed by atoms with E-state index in [0.29, 0.717) is 25.1 Å². The summed E-state index contributed by atoms with van der Waals surface area (Å²) >= 11 is 0. The molecular weight excluding hydrogens is 288 g/mol. The standard InChI is InChI=1S/C19H28N2O2/c1-13-10-14(2)15(3)18(11-13)23-9-7-19(22)21-8-6-16-4-5-17(12-21)20-16/h10-11,16-17,20H,4-9,12H2,1-3H3. The van der Waals surface area contributed by atoms with Gasteiger partial charge >= 0.3 is 0 Å². The predicted molar refractivity (Wildman–Crippen MR) is 91.9 cm³/mol. The van der Waals surface area contributed by atoms with Gasteiger partial charge in [0.2, 0.25) is 5.91 Å². The van der Waals surface area contributed by atoms with Crippen molar-refractivity contribution < 1.29 is 9.53 Å². The molecule has 1 amide bonds. The minimum Gasteiger partial charge on any atom is -0.493 e. The van der Waals surface area contributed by atoms with Gasteiger partial charge in [0.15, 0.2) is 0 Å². The normalized spacial score (nSPS) is 23.7. The lowest BCUT2D eigenvalue weighted by atomic mass is 10.1. The summed E-state index contributed by atoms with van der Waals surface area (Å²) in [6, 6.07) is 5.33. The number of nitrogens with zero attached hydrogens (tertiary/aromatic N) is 1. The molecule has 2 saturated heterocycles. The Morgan fingerprint density at radius 1 is 1.22 bits per heavy atom. The highest BCUT2D eigenvalue weighted by atomic mass is 16.5. The van der Waals surface area contributed by atoms with E-state index in [4.69, 9.17) is 4.74 Å². The van der Waals surface area contributed by atoms with E-state index in [1.54, 1.807) is 0 Å². The summed E-state index contributed by atoms with van der Waals surface area (Å²) in [5.41, 5.74) is 3.60. The molecule has 2 unspecified atom stereocenters. The van der Waals surface area contributed by atoms with Crippen LogP contribution in [0.5, 0.6) is 5.75 Å². The third kappa shape index (κ3) is 3.86. The number of likely N-dealkylation sites (tertiary alicyclic amines) is 1. The van der Waals surface area contributed by atoms with Crippen LogP contribution in [0, 0.1) is 20.8 Å². The summed E-state index contributed by atoms with van der Waals surface area (Å²) in [5, 5.41) is 3.61. The summed E-state index contributed by atoms with van der Waals surface area (Å²) in [4.78, 5) is 14.5. The molecule has 1 aromatic rings. The quantitative estimate of drug-likeness (QED) is 0.928. The van der Waals surface area contributed by atoms with Crippen LogP contribution in [-0.2, 0) is 4.79 Å². The molecule has 1 aromatic carbocycles. The summed E-state index contributed by atoms with van der Waals surface area (Å²) < 4.78 is 5.89. The van der Waals surface area contributed by atoms with Crippen molar-refractivity contribution in [3.63, 3.8) is 0 Å². The van der Waals surface area contributed by atoms with E-state index in [1.165, 1.54) is 29.5 Å². The molecule has 2 bridgehead atoms. The first-order valence-electron chi connectivity index (χ1n) is 8.77. The second kappa shape index (κ2) is 6.91. The molecule has 0 aliphatic carbocycles. The van der Waals surface area contributed by atoms with Crippen LogP contribution in [0.1, 0.15) is 42.4 Å². The van der Waals surface area contributed by atoms with Gasteiger partial charge in [-0.15, -0.1) is 0 Å². The van der Waals surface area contributed by atoms with Gasteiger partial charge in [-0.3, -0.25) is 4.79 Å². The lowest BCUT2D eigenvalue weighted by Crippen LogP contribution is -2.39. The van der Waals surface area contributed by atoms with Crippen molar-refractivity contribution in [1.29, 1.82) is 0 Å². The number of aryl methyl sites for hydroxylation is 2. The number of ether oxygens (including phenoxy) is 1. The van der Waals surface area contributed by atoms with Crippen LogP contribution in [0.2, 0.25) is 0 Å². The molecule has 0 saturated carbocycles. The molecule has 23 heavy (non-hydrogen) atoms. The van der Waals surface area contributed by atoms with E-state index in [1.807, 2.05) is 4.90 Å². The number of fused-ring (bicyclic) bond motifs is 2. The van der Waals surface area contributed by atoms with Crippen molar-refractivity contribution in [2.75, 3.05) is 19.7 Å². The monoisotopic (exact) mass is 316 g/mol. The third-order valence-corrected chi connectivity index (χ3v) is 5.21. The third-order valence-electron chi connectivity index (χ3n) is 5.21. The smallest absolute Gasteiger partial charge is 0.226 e. The Kier molecular flexibility index (Phi) is 4.90. The molecule has 4 nitrogen and oxygen atoms in total. The maximum atomic E-state index is 12.5. The number of nitrogens with one attached hydrogen (secondary N) is 1. The van der Waals surface area contributed by atoms with Gasteiger partial charge in [0.1, 0.15) is 5.75 Å². The average molecular weight is 316 g/mol. The van der Waals surface area contributed by atoms with Crippen molar-refractivity contribution in [2.45, 2.75) is 58.5 Å². The zero-order chi connectivity index (χ0) is 16.4. The molecular formula is C19H28N2O2. The average Bonchev–Trinajstić information content (AvgIpc) is 2.83. The Morgan fingerprint density at radius 3 is 2.83 bits per heavy atom. The first kappa shape index (κ1) is 16.3. The van der Waals surface area contributed by atoms with Gasteiger partial charge in [-0.1, -0.05) is 6.07 Å². The van der Waals surface area contributed by atoms with Crippen LogP contribution in [0.3, 0.4) is 0 Å². The molecule has 0 aromatic heterocycles. The zero-order valence-corrected chi connectivity index (χ0v) is 14.5. The highest BCUT2D eigenvalue weighted by Gasteiger charge is 2.30. The molecule has 3 rings (SSSR count). The molecule has 2 aliphatic heterocycles. The molecule has 2 atom stereocenters. The van der Waals surface area contributed by atoms with Crippen LogP contribution >= 0.6 is 0 Å². The lowest BCUT2D eigenvalue weighted by molar-refractivity contribution is -0.131. The maximum Gasteiger partial charge on any atom is 0.226 e. The van der Waals surface area contributed by atoms with Crippen LogP contribution < -0.4 is 10.1 Å². The van der Waals surface area contributed by atoms with Crippen molar-refractivity contribution >= 4 is 5.91 Å². The number of hydrogen-bond acceptors (Lipinski definition) is 3. The van der Waals surface area contributed by atoms with Crippen LogP contribution in [-0.4, -0.2) is 42.6 Å². The first-order chi connectivity index (χ1) is 11.0. The van der Waals surface area contributed by atoms with Crippen molar-refractivity contribution in [2.24, 2.45) is 0 Å². The Hall–Kier alpha value is -1.55. The highest BCUT2D eigenvalue weighted by molar-refractivity contribution is 5.76. The van der Waals surface area contributed by atoms with E-state index in [2.05, 4.69) is 38.2 Å². The molecule has 2 aliphatic rings. The molecule has 2 heterocycles. The number of benzene rings is 1. The van der Waals surface area contributed by atoms with Crippen molar-refractivity contribution in [3.8, 4) is 5.75 Å². The van der Waals surface area contributed by atoms with Crippen LogP contribution in [0.25, 0.3) is 0 Å². The van der Waals surface area contributed by atoms with E-state index in [0.717, 1.165) is 25.3 Å². The summed E-state index contributed by atoms with van der Waals surface area (Å²) in [5.74, 6) is 1.13. The molecule has 126 valence electrons. The van der Waals surface area contributed by atoms with E-state index < -0.39 is 0 Å². The predicted octanol–water partition coefficient (Wildman–Crippen LogP) is 2.73.